The maximum Gasteiger partial charge on any atom is 0.241 e. The summed E-state index contributed by atoms with van der Waals surface area (Å²) in [6.07, 6.45) is 0.482. The molecule has 1 atom stereocenters. The van der Waals surface area contributed by atoms with Crippen LogP contribution in [0.15, 0.2) is 23.1 Å². The third-order valence-electron chi connectivity index (χ3n) is 3.11. The molecule has 1 aromatic rings. The number of anilines is 1. The molecule has 1 aliphatic rings. The first kappa shape index (κ1) is 13.8. The van der Waals surface area contributed by atoms with Crippen LogP contribution in [0.2, 0.25) is 0 Å². The van der Waals surface area contributed by atoms with Crippen molar-refractivity contribution < 1.29 is 13.2 Å². The lowest BCUT2D eigenvalue weighted by molar-refractivity contribution is -0.127. The van der Waals surface area contributed by atoms with Gasteiger partial charge in [-0.25, -0.2) is 8.42 Å². The van der Waals surface area contributed by atoms with Gasteiger partial charge < -0.3 is 10.6 Å². The molecule has 2 rings (SSSR count). The van der Waals surface area contributed by atoms with Crippen molar-refractivity contribution in [2.24, 2.45) is 0 Å². The Hall–Kier alpha value is -1.60. The highest BCUT2D eigenvalue weighted by atomic mass is 32.2. The van der Waals surface area contributed by atoms with Crippen LogP contribution in [0, 0.1) is 6.92 Å². The van der Waals surface area contributed by atoms with E-state index in [0.717, 1.165) is 5.56 Å². The molecule has 1 amide bonds. The molecule has 7 heteroatoms. The lowest BCUT2D eigenvalue weighted by Gasteiger charge is -2.13. The van der Waals surface area contributed by atoms with Crippen molar-refractivity contribution in [3.05, 3.63) is 23.8 Å². The van der Waals surface area contributed by atoms with E-state index in [0.29, 0.717) is 18.7 Å². The lowest BCUT2D eigenvalue weighted by atomic mass is 10.2. The summed E-state index contributed by atoms with van der Waals surface area (Å²) < 4.78 is 26.8. The maximum absolute atomic E-state index is 12.2. The number of hydrogen-bond acceptors (Lipinski definition) is 4. The van der Waals surface area contributed by atoms with Gasteiger partial charge >= 0.3 is 0 Å². The Morgan fingerprint density at radius 3 is 2.58 bits per heavy atom. The summed E-state index contributed by atoms with van der Waals surface area (Å²) in [6, 6.07) is 3.92. The van der Waals surface area contributed by atoms with Crippen LogP contribution in [-0.4, -0.2) is 38.9 Å². The van der Waals surface area contributed by atoms with Gasteiger partial charge in [-0.05, 0) is 37.1 Å². The van der Waals surface area contributed by atoms with Gasteiger partial charge in [0.2, 0.25) is 15.9 Å². The van der Waals surface area contributed by atoms with Crippen molar-refractivity contribution in [2.45, 2.75) is 24.3 Å². The minimum Gasteiger partial charge on any atom is -0.399 e. The Morgan fingerprint density at radius 1 is 1.37 bits per heavy atom. The first-order valence-electron chi connectivity index (χ1n) is 5.94. The fourth-order valence-electron chi connectivity index (χ4n) is 2.12. The molecule has 1 unspecified atom stereocenters. The summed E-state index contributed by atoms with van der Waals surface area (Å²) in [5.74, 6) is -0.204. The minimum atomic E-state index is -3.72. The highest BCUT2D eigenvalue weighted by Gasteiger charge is 2.32. The summed E-state index contributed by atoms with van der Waals surface area (Å²) in [7, 11) is -2.07. The first-order valence-corrected chi connectivity index (χ1v) is 7.42. The van der Waals surface area contributed by atoms with Crippen molar-refractivity contribution in [1.82, 2.24) is 9.62 Å². The number of nitrogen functional groups attached to an aromatic ring is 1. The predicted molar refractivity (Wildman–Crippen MR) is 72.0 cm³/mol. The van der Waals surface area contributed by atoms with Gasteiger partial charge in [0.15, 0.2) is 0 Å². The van der Waals surface area contributed by atoms with Crippen LogP contribution in [0.5, 0.6) is 0 Å². The van der Waals surface area contributed by atoms with E-state index in [1.165, 1.54) is 17.0 Å². The van der Waals surface area contributed by atoms with Crippen molar-refractivity contribution in [2.75, 3.05) is 19.3 Å². The topological polar surface area (TPSA) is 92.5 Å². The standard InChI is InChI=1S/C12H17N3O3S/c1-8-5-9(13)7-10(6-8)19(17,18)14-11-3-4-15(2)12(11)16/h5-7,11,14H,3-4,13H2,1-2H3. The Bertz CT molecular complexity index is 592. The van der Waals surface area contributed by atoms with E-state index in [1.54, 1.807) is 20.0 Å². The second kappa shape index (κ2) is 4.82. The smallest absolute Gasteiger partial charge is 0.241 e. The fraction of sp³-hybridized carbons (Fsp3) is 0.417. The number of benzene rings is 1. The van der Waals surface area contributed by atoms with Crippen LogP contribution in [0.1, 0.15) is 12.0 Å². The molecule has 1 aromatic carbocycles. The van der Waals surface area contributed by atoms with Crippen LogP contribution in [-0.2, 0) is 14.8 Å². The highest BCUT2D eigenvalue weighted by molar-refractivity contribution is 7.89. The molecular formula is C12H17N3O3S. The summed E-state index contributed by atoms with van der Waals surface area (Å²) >= 11 is 0. The minimum absolute atomic E-state index is 0.0901. The van der Waals surface area contributed by atoms with Crippen LogP contribution < -0.4 is 10.5 Å². The Balaban J connectivity index is 2.26. The third kappa shape index (κ3) is 2.87. The summed E-state index contributed by atoms with van der Waals surface area (Å²) in [5.41, 5.74) is 6.79. The van der Waals surface area contributed by atoms with Gasteiger partial charge in [-0.3, -0.25) is 4.79 Å². The van der Waals surface area contributed by atoms with E-state index < -0.39 is 16.1 Å². The molecule has 3 N–H and O–H groups in total. The first-order chi connectivity index (χ1) is 8.79. The predicted octanol–water partition coefficient (Wildman–Crippen LogP) is 0.0862. The van der Waals surface area contributed by atoms with Gasteiger partial charge in [-0.15, -0.1) is 0 Å². The SMILES string of the molecule is Cc1cc(N)cc(S(=O)(=O)NC2CCN(C)C2=O)c1. The van der Waals surface area contributed by atoms with Gasteiger partial charge in [-0.1, -0.05) is 0 Å². The number of nitrogens with two attached hydrogens (primary N) is 1. The normalized spacial score (nSPS) is 20.0. The number of amides is 1. The second-order valence-corrected chi connectivity index (χ2v) is 6.52. The summed E-state index contributed by atoms with van der Waals surface area (Å²) in [5, 5.41) is 0. The van der Waals surface area contributed by atoms with Crippen molar-refractivity contribution in [3.8, 4) is 0 Å². The maximum atomic E-state index is 12.2. The van der Waals surface area contributed by atoms with E-state index in [9.17, 15) is 13.2 Å². The fourth-order valence-corrected chi connectivity index (χ4v) is 3.48. The van der Waals surface area contributed by atoms with Gasteiger partial charge in [0.1, 0.15) is 6.04 Å². The van der Waals surface area contributed by atoms with Crippen LogP contribution >= 0.6 is 0 Å². The van der Waals surface area contributed by atoms with E-state index in [1.807, 2.05) is 0 Å². The number of nitrogens with zero attached hydrogens (tertiary/aromatic N) is 1. The van der Waals surface area contributed by atoms with Crippen LogP contribution in [0.25, 0.3) is 0 Å². The molecule has 0 saturated carbocycles. The molecule has 1 saturated heterocycles. The molecule has 0 radical (unpaired) electrons. The summed E-state index contributed by atoms with van der Waals surface area (Å²) in [6.45, 7) is 2.33. The van der Waals surface area contributed by atoms with E-state index in [4.69, 9.17) is 5.73 Å². The zero-order valence-electron chi connectivity index (χ0n) is 10.9. The van der Waals surface area contributed by atoms with Crippen molar-refractivity contribution in [1.29, 1.82) is 0 Å². The number of rotatable bonds is 3. The van der Waals surface area contributed by atoms with Gasteiger partial charge in [0.25, 0.3) is 0 Å². The number of aryl methyl sites for hydroxylation is 1. The lowest BCUT2D eigenvalue weighted by Crippen LogP contribution is -2.40. The second-order valence-electron chi connectivity index (χ2n) is 4.80. The largest absolute Gasteiger partial charge is 0.399 e. The molecule has 0 aromatic heterocycles. The molecule has 1 fully saturated rings. The number of likely N-dealkylation sites (tertiary alicyclic amines) is 1. The van der Waals surface area contributed by atoms with Crippen molar-refractivity contribution in [3.63, 3.8) is 0 Å². The van der Waals surface area contributed by atoms with E-state index in [2.05, 4.69) is 4.72 Å². The van der Waals surface area contributed by atoms with Crippen molar-refractivity contribution >= 4 is 21.6 Å². The molecule has 0 aliphatic carbocycles. The van der Waals surface area contributed by atoms with E-state index >= 15 is 0 Å². The molecule has 104 valence electrons. The molecule has 19 heavy (non-hydrogen) atoms. The monoisotopic (exact) mass is 283 g/mol. The van der Waals surface area contributed by atoms with Gasteiger partial charge in [0.05, 0.1) is 4.90 Å². The Kier molecular flexibility index (Phi) is 3.51. The Labute approximate surface area is 112 Å². The number of sulfonamides is 1. The van der Waals surface area contributed by atoms with Gasteiger partial charge in [-0.2, -0.15) is 4.72 Å². The zero-order chi connectivity index (χ0) is 14.2. The number of carbonyl (C=O) groups is 1. The zero-order valence-corrected chi connectivity index (χ0v) is 11.7. The number of likely N-dealkylation sites (N-methyl/N-ethyl adjacent to an activating group) is 1. The number of carbonyl (C=O) groups excluding carboxylic acids is 1. The van der Waals surface area contributed by atoms with Crippen LogP contribution in [0.4, 0.5) is 5.69 Å². The molecule has 0 bridgehead atoms. The molecule has 0 spiro atoms. The highest BCUT2D eigenvalue weighted by Crippen LogP contribution is 2.18. The number of hydrogen-bond donors (Lipinski definition) is 2. The Morgan fingerprint density at radius 2 is 2.05 bits per heavy atom. The van der Waals surface area contributed by atoms with E-state index in [-0.39, 0.29) is 10.8 Å². The quantitative estimate of drug-likeness (QED) is 0.769. The third-order valence-corrected chi connectivity index (χ3v) is 4.56. The number of nitrogens with one attached hydrogen (secondary N) is 1. The summed E-state index contributed by atoms with van der Waals surface area (Å²) in [4.78, 5) is 13.3. The van der Waals surface area contributed by atoms with Crippen LogP contribution in [0.3, 0.4) is 0 Å². The molecule has 1 aliphatic heterocycles. The molecule has 1 heterocycles. The average Bonchev–Trinajstić information content (AvgIpc) is 2.59. The molecular weight excluding hydrogens is 266 g/mol. The average molecular weight is 283 g/mol. The molecule has 6 nitrogen and oxygen atoms in total. The van der Waals surface area contributed by atoms with Gasteiger partial charge in [0, 0.05) is 19.3 Å².